The van der Waals surface area contributed by atoms with E-state index < -0.39 is 5.97 Å². The Balaban J connectivity index is 1.68. The number of hydrogen-bond acceptors (Lipinski definition) is 6. The van der Waals surface area contributed by atoms with E-state index in [0.29, 0.717) is 22.4 Å². The highest BCUT2D eigenvalue weighted by Crippen LogP contribution is 2.28. The van der Waals surface area contributed by atoms with Crippen LogP contribution < -0.4 is 14.9 Å². The molecule has 0 spiro atoms. The van der Waals surface area contributed by atoms with Gasteiger partial charge in [0.2, 0.25) is 0 Å². The van der Waals surface area contributed by atoms with E-state index in [4.69, 9.17) is 9.47 Å². The number of esters is 1. The smallest absolute Gasteiger partial charge is 0.343 e. The number of aromatic nitrogens is 1. The number of rotatable bonds is 6. The van der Waals surface area contributed by atoms with Gasteiger partial charge in [-0.05, 0) is 55.0 Å². The Bertz CT molecular complexity index is 1050. The number of nitrogens with zero attached hydrogens (tertiary/aromatic N) is 2. The number of carbonyl (C=O) groups excluding carboxylic acids is 2. The van der Waals surface area contributed by atoms with E-state index in [1.165, 1.54) is 25.7 Å². The van der Waals surface area contributed by atoms with Crippen LogP contribution in [0.1, 0.15) is 31.8 Å². The fourth-order valence-electron chi connectivity index (χ4n) is 2.51. The van der Waals surface area contributed by atoms with Gasteiger partial charge in [0.1, 0.15) is 0 Å². The fourth-order valence-corrected chi connectivity index (χ4v) is 2.51. The third kappa shape index (κ3) is 5.26. The zero-order valence-corrected chi connectivity index (χ0v) is 16.0. The van der Waals surface area contributed by atoms with Gasteiger partial charge in [-0.2, -0.15) is 5.10 Å². The molecule has 0 fully saturated rings. The van der Waals surface area contributed by atoms with Gasteiger partial charge in [0.15, 0.2) is 11.5 Å². The largest absolute Gasteiger partial charge is 0.493 e. The summed E-state index contributed by atoms with van der Waals surface area (Å²) in [5, 5.41) is 3.93. The highest BCUT2D eigenvalue weighted by atomic mass is 16.6. The summed E-state index contributed by atoms with van der Waals surface area (Å²) in [6, 6.07) is 15.3. The molecule has 0 aliphatic rings. The van der Waals surface area contributed by atoms with E-state index in [2.05, 4.69) is 15.5 Å². The van der Waals surface area contributed by atoms with Crippen LogP contribution in [0, 0.1) is 6.92 Å². The Hall–Kier alpha value is -4.00. The van der Waals surface area contributed by atoms with Crippen molar-refractivity contribution in [2.45, 2.75) is 6.92 Å². The highest BCUT2D eigenvalue weighted by Gasteiger charge is 2.13. The van der Waals surface area contributed by atoms with Crippen molar-refractivity contribution in [3.05, 3.63) is 89.2 Å². The first-order valence-corrected chi connectivity index (χ1v) is 8.77. The summed E-state index contributed by atoms with van der Waals surface area (Å²) in [4.78, 5) is 28.2. The first-order chi connectivity index (χ1) is 14.1. The van der Waals surface area contributed by atoms with Crippen LogP contribution in [-0.2, 0) is 0 Å². The molecule has 7 heteroatoms. The Morgan fingerprint density at radius 3 is 2.52 bits per heavy atom. The Morgan fingerprint density at radius 1 is 1.00 bits per heavy atom. The van der Waals surface area contributed by atoms with E-state index in [1.807, 2.05) is 13.0 Å². The van der Waals surface area contributed by atoms with Gasteiger partial charge in [-0.1, -0.05) is 17.7 Å². The first-order valence-electron chi connectivity index (χ1n) is 8.77. The molecule has 2 aromatic carbocycles. The van der Waals surface area contributed by atoms with Gasteiger partial charge in [0.25, 0.3) is 5.91 Å². The van der Waals surface area contributed by atoms with Gasteiger partial charge >= 0.3 is 5.97 Å². The number of pyridine rings is 1. The zero-order chi connectivity index (χ0) is 20.6. The number of hydrazone groups is 1. The van der Waals surface area contributed by atoms with Gasteiger partial charge in [-0.15, -0.1) is 0 Å². The third-order valence-corrected chi connectivity index (χ3v) is 3.97. The summed E-state index contributed by atoms with van der Waals surface area (Å²) in [6.45, 7) is 1.90. The van der Waals surface area contributed by atoms with Crippen LogP contribution in [0.5, 0.6) is 11.5 Å². The van der Waals surface area contributed by atoms with Crippen molar-refractivity contribution in [3.63, 3.8) is 0 Å². The monoisotopic (exact) mass is 389 g/mol. The number of carbonyl (C=O) groups is 2. The lowest BCUT2D eigenvalue weighted by atomic mass is 10.1. The maximum atomic E-state index is 12.3. The summed E-state index contributed by atoms with van der Waals surface area (Å²) in [5.41, 5.74) is 4.97. The van der Waals surface area contributed by atoms with E-state index in [1.54, 1.807) is 48.5 Å². The molecule has 146 valence electrons. The fraction of sp³-hybridized carbons (Fsp3) is 0.0909. The van der Waals surface area contributed by atoms with Gasteiger partial charge in [-0.25, -0.2) is 10.2 Å². The number of nitrogens with one attached hydrogen (secondary N) is 1. The number of ether oxygens (including phenoxy) is 2. The minimum absolute atomic E-state index is 0.289. The summed E-state index contributed by atoms with van der Waals surface area (Å²) in [7, 11) is 1.48. The number of aryl methyl sites for hydroxylation is 1. The Morgan fingerprint density at radius 2 is 1.79 bits per heavy atom. The third-order valence-electron chi connectivity index (χ3n) is 3.97. The lowest BCUT2D eigenvalue weighted by Crippen LogP contribution is -2.17. The van der Waals surface area contributed by atoms with Crippen LogP contribution in [0.15, 0.2) is 72.1 Å². The lowest BCUT2D eigenvalue weighted by molar-refractivity contribution is 0.0729. The average Bonchev–Trinajstić information content (AvgIpc) is 2.75. The second-order valence-electron chi connectivity index (χ2n) is 6.10. The first kappa shape index (κ1) is 19.8. The van der Waals surface area contributed by atoms with E-state index >= 15 is 0 Å². The summed E-state index contributed by atoms with van der Waals surface area (Å²) < 4.78 is 10.8. The number of amides is 1. The number of benzene rings is 2. The molecule has 0 unspecified atom stereocenters. The van der Waals surface area contributed by atoms with E-state index in [0.717, 1.165) is 5.56 Å². The standard InChI is InChI=1S/C22H19N3O4/c1-15-4-3-5-18(12-15)22(27)29-19-7-6-16(13-20(19)28-2)14-24-25-21(26)17-8-10-23-11-9-17/h3-14H,1-2H3,(H,25,26)/b24-14+. The molecule has 0 saturated carbocycles. The molecule has 0 radical (unpaired) electrons. The molecule has 0 bridgehead atoms. The minimum atomic E-state index is -0.474. The second kappa shape index (κ2) is 9.27. The molecule has 1 heterocycles. The highest BCUT2D eigenvalue weighted by molar-refractivity contribution is 5.95. The molecular weight excluding hydrogens is 370 g/mol. The number of methoxy groups -OCH3 is 1. The predicted molar refractivity (Wildman–Crippen MR) is 108 cm³/mol. The van der Waals surface area contributed by atoms with Crippen molar-refractivity contribution in [1.82, 2.24) is 10.4 Å². The van der Waals surface area contributed by atoms with Crippen LogP contribution >= 0.6 is 0 Å². The van der Waals surface area contributed by atoms with Crippen molar-refractivity contribution in [3.8, 4) is 11.5 Å². The topological polar surface area (TPSA) is 89.9 Å². The van der Waals surface area contributed by atoms with Crippen LogP contribution in [0.25, 0.3) is 0 Å². The minimum Gasteiger partial charge on any atom is -0.493 e. The Kier molecular flexibility index (Phi) is 6.32. The van der Waals surface area contributed by atoms with Crippen molar-refractivity contribution < 1.29 is 19.1 Å². The summed E-state index contributed by atoms with van der Waals surface area (Å²) in [5.74, 6) is -0.162. The van der Waals surface area contributed by atoms with Gasteiger partial charge < -0.3 is 9.47 Å². The molecule has 29 heavy (non-hydrogen) atoms. The number of hydrogen-bond donors (Lipinski definition) is 1. The van der Waals surface area contributed by atoms with Crippen molar-refractivity contribution in [2.24, 2.45) is 5.10 Å². The van der Waals surface area contributed by atoms with E-state index in [9.17, 15) is 9.59 Å². The molecular formula is C22H19N3O4. The molecule has 3 rings (SSSR count). The zero-order valence-electron chi connectivity index (χ0n) is 16.0. The molecule has 0 aliphatic carbocycles. The maximum Gasteiger partial charge on any atom is 0.343 e. The quantitative estimate of drug-likeness (QED) is 0.302. The molecule has 0 aliphatic heterocycles. The maximum absolute atomic E-state index is 12.3. The van der Waals surface area contributed by atoms with Crippen molar-refractivity contribution >= 4 is 18.1 Å². The van der Waals surface area contributed by atoms with Crippen molar-refractivity contribution in [1.29, 1.82) is 0 Å². The molecule has 1 N–H and O–H groups in total. The average molecular weight is 389 g/mol. The van der Waals surface area contributed by atoms with E-state index in [-0.39, 0.29) is 11.7 Å². The second-order valence-corrected chi connectivity index (χ2v) is 6.10. The molecule has 1 amide bonds. The normalized spacial score (nSPS) is 10.6. The van der Waals surface area contributed by atoms with Crippen LogP contribution in [0.4, 0.5) is 0 Å². The Labute approximate surface area is 168 Å². The van der Waals surface area contributed by atoms with Gasteiger partial charge in [0.05, 0.1) is 18.9 Å². The molecule has 1 aromatic heterocycles. The van der Waals surface area contributed by atoms with Crippen LogP contribution in [0.2, 0.25) is 0 Å². The molecule has 3 aromatic rings. The van der Waals surface area contributed by atoms with Crippen LogP contribution in [0.3, 0.4) is 0 Å². The summed E-state index contributed by atoms with van der Waals surface area (Å²) >= 11 is 0. The molecule has 0 saturated heterocycles. The van der Waals surface area contributed by atoms with Crippen LogP contribution in [-0.4, -0.2) is 30.2 Å². The van der Waals surface area contributed by atoms with Gasteiger partial charge in [0, 0.05) is 18.0 Å². The lowest BCUT2D eigenvalue weighted by Gasteiger charge is -2.10. The molecule has 7 nitrogen and oxygen atoms in total. The predicted octanol–water partition coefficient (Wildman–Crippen LogP) is 3.38. The van der Waals surface area contributed by atoms with Crippen molar-refractivity contribution in [2.75, 3.05) is 7.11 Å². The van der Waals surface area contributed by atoms with Gasteiger partial charge in [-0.3, -0.25) is 9.78 Å². The summed E-state index contributed by atoms with van der Waals surface area (Å²) in [6.07, 6.45) is 4.52. The SMILES string of the molecule is COc1cc(/C=N/NC(=O)c2ccncc2)ccc1OC(=O)c1cccc(C)c1. The molecule has 0 atom stereocenters.